The summed E-state index contributed by atoms with van der Waals surface area (Å²) in [5, 5.41) is 1.43. The summed E-state index contributed by atoms with van der Waals surface area (Å²) in [6.07, 6.45) is 5.34. The summed E-state index contributed by atoms with van der Waals surface area (Å²) >= 11 is 1.91. The fourth-order valence-corrected chi connectivity index (χ4v) is 3.17. The van der Waals surface area contributed by atoms with E-state index in [0.717, 1.165) is 0 Å². The summed E-state index contributed by atoms with van der Waals surface area (Å²) in [6.45, 7) is 5.67. The van der Waals surface area contributed by atoms with E-state index in [1.807, 2.05) is 11.3 Å². The molecule has 0 atom stereocenters. The quantitative estimate of drug-likeness (QED) is 0.542. The predicted molar refractivity (Wildman–Crippen MR) is 70.9 cm³/mol. The first-order valence-corrected chi connectivity index (χ1v) is 7.02. The van der Waals surface area contributed by atoms with E-state index in [-0.39, 0.29) is 0 Å². The molecule has 1 nitrogen and oxygen atoms in total. The first-order valence-electron chi connectivity index (χ1n) is 6.21. The highest BCUT2D eigenvalue weighted by Gasteiger charge is 2.15. The Hall–Kier alpha value is -0.890. The summed E-state index contributed by atoms with van der Waals surface area (Å²) in [5.41, 5.74) is 1.40. The minimum Gasteiger partial charge on any atom is -0.186 e. The molecule has 0 N–H and O–H groups in total. The monoisotopic (exact) mass is 234 g/mol. The van der Waals surface area contributed by atoms with E-state index < -0.39 is 0 Å². The van der Waals surface area contributed by atoms with Crippen LogP contribution in [-0.2, 0) is 6.54 Å². The van der Waals surface area contributed by atoms with Gasteiger partial charge in [-0.05, 0) is 12.5 Å². The molecule has 1 aromatic carbocycles. The highest BCUT2D eigenvalue weighted by Crippen LogP contribution is 2.19. The number of hydrogen-bond acceptors (Lipinski definition) is 1. The van der Waals surface area contributed by atoms with Gasteiger partial charge in [-0.25, -0.2) is 0 Å². The van der Waals surface area contributed by atoms with Gasteiger partial charge in [0.2, 0.25) is 10.5 Å². The van der Waals surface area contributed by atoms with E-state index in [0.29, 0.717) is 0 Å². The van der Waals surface area contributed by atoms with E-state index >= 15 is 0 Å². The van der Waals surface area contributed by atoms with Crippen molar-refractivity contribution in [1.29, 1.82) is 0 Å². The molecule has 16 heavy (non-hydrogen) atoms. The van der Waals surface area contributed by atoms with Crippen LogP contribution in [0.15, 0.2) is 24.3 Å². The zero-order valence-corrected chi connectivity index (χ0v) is 11.0. The maximum absolute atomic E-state index is 2.47. The third-order valence-electron chi connectivity index (χ3n) is 3.03. The Morgan fingerprint density at radius 3 is 2.75 bits per heavy atom. The Morgan fingerprint density at radius 2 is 1.94 bits per heavy atom. The topological polar surface area (TPSA) is 3.88 Å². The Morgan fingerprint density at radius 1 is 1.12 bits per heavy atom. The van der Waals surface area contributed by atoms with Crippen molar-refractivity contribution in [2.75, 3.05) is 0 Å². The average molecular weight is 234 g/mol. The van der Waals surface area contributed by atoms with Gasteiger partial charge in [0.05, 0.1) is 0 Å². The van der Waals surface area contributed by atoms with Crippen LogP contribution in [0.25, 0.3) is 10.2 Å². The van der Waals surface area contributed by atoms with Crippen molar-refractivity contribution < 1.29 is 4.57 Å². The lowest BCUT2D eigenvalue weighted by Crippen LogP contribution is -2.34. The lowest BCUT2D eigenvalue weighted by atomic mass is 10.2. The molecule has 0 aliphatic rings. The third-order valence-corrected chi connectivity index (χ3v) is 4.11. The van der Waals surface area contributed by atoms with Gasteiger partial charge in [0.15, 0.2) is 0 Å². The van der Waals surface area contributed by atoms with E-state index in [1.165, 1.54) is 47.5 Å². The summed E-state index contributed by atoms with van der Waals surface area (Å²) < 4.78 is 3.88. The maximum Gasteiger partial charge on any atom is 0.235 e. The van der Waals surface area contributed by atoms with Crippen molar-refractivity contribution in [3.05, 3.63) is 29.3 Å². The zero-order chi connectivity index (χ0) is 11.4. The van der Waals surface area contributed by atoms with Gasteiger partial charge in [-0.2, -0.15) is 4.57 Å². The highest BCUT2D eigenvalue weighted by atomic mass is 32.1. The van der Waals surface area contributed by atoms with Crippen LogP contribution in [0.1, 0.15) is 37.6 Å². The molecule has 0 unspecified atom stereocenters. The Balaban J connectivity index is 2.13. The van der Waals surface area contributed by atoms with Gasteiger partial charge < -0.3 is 0 Å². The number of para-hydroxylation sites is 1. The normalized spacial score (nSPS) is 11.1. The number of aryl methyl sites for hydroxylation is 2. The minimum atomic E-state index is 1.18. The molecule has 0 saturated heterocycles. The molecule has 0 saturated carbocycles. The van der Waals surface area contributed by atoms with Gasteiger partial charge in [-0.1, -0.05) is 43.2 Å². The van der Waals surface area contributed by atoms with Crippen molar-refractivity contribution in [2.45, 2.75) is 46.1 Å². The number of thiazole rings is 1. The average Bonchev–Trinajstić information content (AvgIpc) is 2.61. The third kappa shape index (κ3) is 2.43. The Labute approximate surface area is 102 Å². The van der Waals surface area contributed by atoms with Gasteiger partial charge in [-0.3, -0.25) is 0 Å². The van der Waals surface area contributed by atoms with Gasteiger partial charge in [0.25, 0.3) is 0 Å². The summed E-state index contributed by atoms with van der Waals surface area (Å²) in [5.74, 6) is 0. The van der Waals surface area contributed by atoms with Crippen LogP contribution in [0.4, 0.5) is 0 Å². The first-order chi connectivity index (χ1) is 7.83. The molecule has 0 aliphatic carbocycles. The minimum absolute atomic E-state index is 1.18. The van der Waals surface area contributed by atoms with Crippen LogP contribution in [0.3, 0.4) is 0 Å². The summed E-state index contributed by atoms with van der Waals surface area (Å²) in [6, 6.07) is 8.71. The number of fused-ring (bicyclic) bond motifs is 1. The Bertz CT molecular complexity index is 459. The number of benzene rings is 1. The van der Waals surface area contributed by atoms with Crippen LogP contribution in [0, 0.1) is 6.92 Å². The molecular weight excluding hydrogens is 214 g/mol. The van der Waals surface area contributed by atoms with Crippen LogP contribution in [0.2, 0.25) is 0 Å². The number of rotatable bonds is 5. The second-order valence-corrected chi connectivity index (χ2v) is 5.54. The lowest BCUT2D eigenvalue weighted by molar-refractivity contribution is -0.673. The van der Waals surface area contributed by atoms with Crippen LogP contribution in [0.5, 0.6) is 0 Å². The van der Waals surface area contributed by atoms with Crippen LogP contribution < -0.4 is 4.57 Å². The molecular formula is C14H20NS+. The molecule has 0 aliphatic heterocycles. The molecule has 0 fully saturated rings. The van der Waals surface area contributed by atoms with Crippen LogP contribution >= 0.6 is 11.3 Å². The number of aromatic nitrogens is 1. The van der Waals surface area contributed by atoms with Crippen molar-refractivity contribution in [2.24, 2.45) is 0 Å². The van der Waals surface area contributed by atoms with Crippen molar-refractivity contribution >= 4 is 21.6 Å². The lowest BCUT2D eigenvalue weighted by Gasteiger charge is -1.97. The van der Waals surface area contributed by atoms with Gasteiger partial charge >= 0.3 is 0 Å². The molecule has 1 aromatic heterocycles. The molecule has 2 aromatic rings. The molecule has 86 valence electrons. The smallest absolute Gasteiger partial charge is 0.186 e. The van der Waals surface area contributed by atoms with Crippen molar-refractivity contribution in [1.82, 2.24) is 0 Å². The summed E-state index contributed by atoms with van der Waals surface area (Å²) in [7, 11) is 0. The number of unbranched alkanes of at least 4 members (excludes halogenated alkanes) is 3. The SMILES string of the molecule is CCCCCC[n+]1c(C)sc2ccccc21. The molecule has 0 amide bonds. The van der Waals surface area contributed by atoms with Crippen molar-refractivity contribution in [3.63, 3.8) is 0 Å². The Kier molecular flexibility index (Phi) is 3.94. The molecule has 2 rings (SSSR count). The molecule has 0 radical (unpaired) electrons. The molecule has 1 heterocycles. The van der Waals surface area contributed by atoms with Gasteiger partial charge in [-0.15, -0.1) is 0 Å². The van der Waals surface area contributed by atoms with E-state index in [9.17, 15) is 0 Å². The number of nitrogens with zero attached hydrogens (tertiary/aromatic N) is 1. The second kappa shape index (κ2) is 5.44. The number of hydrogen-bond donors (Lipinski definition) is 0. The second-order valence-electron chi connectivity index (χ2n) is 4.30. The zero-order valence-electron chi connectivity index (χ0n) is 10.2. The largest absolute Gasteiger partial charge is 0.235 e. The van der Waals surface area contributed by atoms with Gasteiger partial charge in [0.1, 0.15) is 11.2 Å². The predicted octanol–water partition coefficient (Wildman–Crippen LogP) is 4.08. The van der Waals surface area contributed by atoms with E-state index in [2.05, 4.69) is 42.7 Å². The molecule has 2 heteroatoms. The van der Waals surface area contributed by atoms with Gasteiger partial charge in [0, 0.05) is 19.4 Å². The first kappa shape index (κ1) is 11.6. The van der Waals surface area contributed by atoms with E-state index in [4.69, 9.17) is 0 Å². The standard InChI is InChI=1S/C14H20NS/c1-3-4-5-8-11-15-12(2)16-14-10-7-6-9-13(14)15/h6-7,9-10H,3-5,8,11H2,1-2H3/q+1. The van der Waals surface area contributed by atoms with E-state index in [1.54, 1.807) is 0 Å². The fourth-order valence-electron chi connectivity index (χ4n) is 2.12. The van der Waals surface area contributed by atoms with Crippen LogP contribution in [-0.4, -0.2) is 0 Å². The van der Waals surface area contributed by atoms with Crippen molar-refractivity contribution in [3.8, 4) is 0 Å². The molecule has 0 spiro atoms. The maximum atomic E-state index is 2.47. The fraction of sp³-hybridized carbons (Fsp3) is 0.500. The molecule has 0 bridgehead atoms. The summed E-state index contributed by atoms with van der Waals surface area (Å²) in [4.78, 5) is 0. The highest BCUT2D eigenvalue weighted by molar-refractivity contribution is 7.18.